The summed E-state index contributed by atoms with van der Waals surface area (Å²) < 4.78 is 5.42. The number of nitro groups is 1. The van der Waals surface area contributed by atoms with E-state index in [0.29, 0.717) is 5.56 Å². The summed E-state index contributed by atoms with van der Waals surface area (Å²) in [5.74, 6) is -1.54. The van der Waals surface area contributed by atoms with Crippen LogP contribution in [0, 0.1) is 17.0 Å². The highest BCUT2D eigenvalue weighted by atomic mass is 16.6. The van der Waals surface area contributed by atoms with Crippen molar-refractivity contribution in [2.24, 2.45) is 0 Å². The summed E-state index contributed by atoms with van der Waals surface area (Å²) in [6, 6.07) is 4.69. The number of nitrogens with one attached hydrogen (secondary N) is 1. The van der Waals surface area contributed by atoms with Crippen molar-refractivity contribution >= 4 is 16.9 Å². The topological polar surface area (TPSA) is 85.2 Å². The number of hydrogen-bond acceptors (Lipinski definition) is 4. The number of rotatable bonds is 4. The maximum absolute atomic E-state index is 12.6. The van der Waals surface area contributed by atoms with E-state index in [2.05, 4.69) is 4.98 Å². The fraction of sp³-hybridized carbons (Fsp3) is 0.471. The molecule has 6 heteroatoms. The molecule has 2 aromatic rings. The second kappa shape index (κ2) is 6.02. The van der Waals surface area contributed by atoms with Crippen LogP contribution in [0.25, 0.3) is 10.9 Å². The number of aromatic amines is 1. The molecule has 1 heterocycles. The van der Waals surface area contributed by atoms with Crippen LogP contribution >= 0.6 is 0 Å². The number of carbonyl (C=O) groups excluding carboxylic acids is 1. The van der Waals surface area contributed by atoms with E-state index < -0.39 is 28.5 Å². The first kappa shape index (κ1) is 17.0. The van der Waals surface area contributed by atoms with E-state index in [1.165, 1.54) is 6.92 Å². The molecular weight excluding hydrogens is 296 g/mol. The normalized spacial score (nSPS) is 14.5. The van der Waals surface area contributed by atoms with Crippen molar-refractivity contribution in [2.75, 3.05) is 0 Å². The Bertz CT molecular complexity index is 743. The van der Waals surface area contributed by atoms with Gasteiger partial charge in [0.25, 0.3) is 0 Å². The van der Waals surface area contributed by atoms with Gasteiger partial charge in [-0.05, 0) is 45.4 Å². The molecule has 0 aliphatic carbocycles. The molecule has 23 heavy (non-hydrogen) atoms. The third-order valence-electron chi connectivity index (χ3n) is 3.68. The fourth-order valence-corrected chi connectivity index (χ4v) is 2.58. The average molecular weight is 318 g/mol. The molecule has 0 saturated carbocycles. The lowest BCUT2D eigenvalue weighted by molar-refractivity contribution is -0.520. The molecule has 1 aromatic heterocycles. The minimum absolute atomic E-state index is 0.441. The largest absolute Gasteiger partial charge is 0.459 e. The van der Waals surface area contributed by atoms with Crippen LogP contribution in [0.15, 0.2) is 24.4 Å². The number of hydrogen-bond donors (Lipinski definition) is 1. The Kier molecular flexibility index (Phi) is 4.45. The van der Waals surface area contributed by atoms with E-state index in [9.17, 15) is 14.9 Å². The quantitative estimate of drug-likeness (QED) is 0.530. The Morgan fingerprint density at radius 1 is 1.35 bits per heavy atom. The van der Waals surface area contributed by atoms with Crippen LogP contribution in [0.5, 0.6) is 0 Å². The van der Waals surface area contributed by atoms with Gasteiger partial charge in [-0.3, -0.25) is 14.9 Å². The summed E-state index contributed by atoms with van der Waals surface area (Å²) in [6.45, 7) is 8.62. The van der Waals surface area contributed by atoms with Crippen molar-refractivity contribution < 1.29 is 14.5 Å². The molecule has 0 radical (unpaired) electrons. The monoisotopic (exact) mass is 318 g/mol. The number of aryl methyl sites for hydroxylation is 1. The third-order valence-corrected chi connectivity index (χ3v) is 3.68. The highest BCUT2D eigenvalue weighted by Gasteiger charge is 2.39. The number of esters is 1. The van der Waals surface area contributed by atoms with Gasteiger partial charge in [-0.15, -0.1) is 0 Å². The van der Waals surface area contributed by atoms with Gasteiger partial charge in [-0.1, -0.05) is 11.6 Å². The molecule has 1 N–H and O–H groups in total. The lowest BCUT2D eigenvalue weighted by Crippen LogP contribution is -2.35. The zero-order valence-corrected chi connectivity index (χ0v) is 14.0. The van der Waals surface area contributed by atoms with E-state index in [0.717, 1.165) is 16.5 Å². The molecule has 124 valence electrons. The second-order valence-corrected chi connectivity index (χ2v) is 6.83. The van der Waals surface area contributed by atoms with Gasteiger partial charge in [0, 0.05) is 28.9 Å². The van der Waals surface area contributed by atoms with Gasteiger partial charge in [-0.2, -0.15) is 0 Å². The predicted molar refractivity (Wildman–Crippen MR) is 88.1 cm³/mol. The lowest BCUT2D eigenvalue weighted by Gasteiger charge is -2.24. The smallest absolute Gasteiger partial charge is 0.321 e. The minimum atomic E-state index is -1.08. The van der Waals surface area contributed by atoms with Crippen LogP contribution in [-0.2, 0) is 9.53 Å². The van der Waals surface area contributed by atoms with Gasteiger partial charge >= 0.3 is 5.97 Å². The van der Waals surface area contributed by atoms with Crippen LogP contribution in [0.1, 0.15) is 44.7 Å². The van der Waals surface area contributed by atoms with Crippen molar-refractivity contribution in [3.05, 3.63) is 45.6 Å². The Balaban J connectivity index is 2.53. The molecule has 0 bridgehead atoms. The van der Waals surface area contributed by atoms with Gasteiger partial charge in [0.15, 0.2) is 5.92 Å². The highest BCUT2D eigenvalue weighted by Crippen LogP contribution is 2.32. The molecule has 2 atom stereocenters. The Hall–Kier alpha value is -2.37. The summed E-state index contributed by atoms with van der Waals surface area (Å²) in [5, 5.41) is 12.1. The first-order valence-electron chi connectivity index (χ1n) is 7.54. The van der Waals surface area contributed by atoms with Gasteiger partial charge in [0.2, 0.25) is 6.04 Å². The summed E-state index contributed by atoms with van der Waals surface area (Å²) in [6.07, 6.45) is 1.67. The molecule has 0 saturated heterocycles. The van der Waals surface area contributed by atoms with Gasteiger partial charge in [-0.25, -0.2) is 0 Å². The zero-order valence-electron chi connectivity index (χ0n) is 14.0. The molecule has 0 unspecified atom stereocenters. The van der Waals surface area contributed by atoms with Gasteiger partial charge in [0.1, 0.15) is 5.60 Å². The van der Waals surface area contributed by atoms with Gasteiger partial charge < -0.3 is 9.72 Å². The summed E-state index contributed by atoms with van der Waals surface area (Å²) >= 11 is 0. The van der Waals surface area contributed by atoms with Crippen molar-refractivity contribution in [1.29, 1.82) is 0 Å². The van der Waals surface area contributed by atoms with E-state index in [4.69, 9.17) is 4.74 Å². The summed E-state index contributed by atoms with van der Waals surface area (Å²) in [4.78, 5) is 26.5. The van der Waals surface area contributed by atoms with E-state index in [1.54, 1.807) is 27.0 Å². The first-order chi connectivity index (χ1) is 10.6. The number of fused-ring (bicyclic) bond motifs is 1. The SMILES string of the molecule is Cc1ccc2[nH]cc([C@@H](C(=O)OC(C)(C)C)[C@H](C)[N+](=O)[O-])c2c1. The predicted octanol–water partition coefficient (Wildman–Crippen LogP) is 3.57. The van der Waals surface area contributed by atoms with Gasteiger partial charge in [0.05, 0.1) is 0 Å². The van der Waals surface area contributed by atoms with Crippen molar-refractivity contribution in [3.8, 4) is 0 Å². The molecule has 6 nitrogen and oxygen atoms in total. The van der Waals surface area contributed by atoms with Crippen molar-refractivity contribution in [1.82, 2.24) is 4.98 Å². The summed E-state index contributed by atoms with van der Waals surface area (Å²) in [7, 11) is 0. The fourth-order valence-electron chi connectivity index (χ4n) is 2.58. The standard InChI is InChI=1S/C17H22N2O4/c1-10-6-7-14-12(8-10)13(9-18-14)15(11(2)19(21)22)16(20)23-17(3,4)5/h6-9,11,15,18H,1-5H3/t11-,15-/m0/s1. The number of H-pyrrole nitrogens is 1. The van der Waals surface area contributed by atoms with Crippen LogP contribution in [0.2, 0.25) is 0 Å². The van der Waals surface area contributed by atoms with Crippen LogP contribution in [0.4, 0.5) is 0 Å². The Labute approximate surface area is 135 Å². The van der Waals surface area contributed by atoms with Crippen LogP contribution in [-0.4, -0.2) is 27.5 Å². The maximum atomic E-state index is 12.6. The molecule has 0 amide bonds. The molecule has 1 aromatic carbocycles. The van der Waals surface area contributed by atoms with Crippen molar-refractivity contribution in [3.63, 3.8) is 0 Å². The molecule has 0 spiro atoms. The molecule has 0 fully saturated rings. The lowest BCUT2D eigenvalue weighted by atomic mass is 9.91. The third kappa shape index (κ3) is 3.70. The molecule has 0 aliphatic heterocycles. The first-order valence-corrected chi connectivity index (χ1v) is 7.54. The summed E-state index contributed by atoms with van der Waals surface area (Å²) in [5.41, 5.74) is 1.76. The number of nitrogens with zero attached hydrogens (tertiary/aromatic N) is 1. The maximum Gasteiger partial charge on any atom is 0.321 e. The second-order valence-electron chi connectivity index (χ2n) is 6.83. The zero-order chi connectivity index (χ0) is 17.4. The van der Waals surface area contributed by atoms with E-state index in [-0.39, 0.29) is 0 Å². The molecule has 0 aliphatic rings. The van der Waals surface area contributed by atoms with E-state index in [1.807, 2.05) is 25.1 Å². The Morgan fingerprint density at radius 2 is 2.00 bits per heavy atom. The highest BCUT2D eigenvalue weighted by molar-refractivity contribution is 5.90. The number of benzene rings is 1. The minimum Gasteiger partial charge on any atom is -0.459 e. The number of carbonyl (C=O) groups is 1. The van der Waals surface area contributed by atoms with E-state index >= 15 is 0 Å². The average Bonchev–Trinajstić information content (AvgIpc) is 2.80. The number of aromatic nitrogens is 1. The molecule has 2 rings (SSSR count). The van der Waals surface area contributed by atoms with Crippen LogP contribution < -0.4 is 0 Å². The molecular formula is C17H22N2O4. The van der Waals surface area contributed by atoms with Crippen molar-refractivity contribution in [2.45, 2.75) is 52.2 Å². The number of ether oxygens (including phenoxy) is 1. The Morgan fingerprint density at radius 3 is 2.57 bits per heavy atom. The van der Waals surface area contributed by atoms with Crippen LogP contribution in [0.3, 0.4) is 0 Å².